The predicted molar refractivity (Wildman–Crippen MR) is 124 cm³/mol. The summed E-state index contributed by atoms with van der Waals surface area (Å²) < 4.78 is 45.3. The summed E-state index contributed by atoms with van der Waals surface area (Å²) in [5, 5.41) is 12.3. The maximum absolute atomic E-state index is 15.1. The van der Waals surface area contributed by atoms with Crippen LogP contribution < -0.4 is 19.5 Å². The Balaban J connectivity index is 1.67. The number of anilines is 1. The van der Waals surface area contributed by atoms with Crippen molar-refractivity contribution in [3.63, 3.8) is 0 Å². The van der Waals surface area contributed by atoms with Crippen LogP contribution in [-0.2, 0) is 6.54 Å². The highest BCUT2D eigenvalue weighted by molar-refractivity contribution is 5.97. The van der Waals surface area contributed by atoms with Crippen LogP contribution in [0.15, 0.2) is 36.8 Å². The normalized spacial score (nSPS) is 11.4. The molecule has 4 rings (SSSR count). The summed E-state index contributed by atoms with van der Waals surface area (Å²) in [5.41, 5.74) is 0.306. The Kier molecular flexibility index (Phi) is 6.68. The lowest BCUT2D eigenvalue weighted by molar-refractivity contribution is -1.08. The number of benzene rings is 2. The largest absolute Gasteiger partial charge is 0.494 e. The maximum Gasteiger partial charge on any atom is 0.419 e. The van der Waals surface area contributed by atoms with Crippen LogP contribution >= 0.6 is 0 Å². The second-order valence-corrected chi connectivity index (χ2v) is 8.18. The lowest BCUT2D eigenvalue weighted by Gasteiger charge is -2.17. The number of hydrogen-bond donors (Lipinski definition) is 3. The van der Waals surface area contributed by atoms with E-state index in [0.29, 0.717) is 5.69 Å². The Morgan fingerprint density at radius 1 is 1.06 bits per heavy atom. The van der Waals surface area contributed by atoms with E-state index in [2.05, 4.69) is 25.3 Å². The zero-order valence-electron chi connectivity index (χ0n) is 19.8. The van der Waals surface area contributed by atoms with Crippen molar-refractivity contribution in [3.05, 3.63) is 54.1 Å². The lowest BCUT2D eigenvalue weighted by Crippen LogP contribution is -2.34. The number of halogens is 2. The molecular weight excluding hydrogens is 478 g/mol. The molecule has 11 nitrogen and oxygen atoms in total. The van der Waals surface area contributed by atoms with Gasteiger partial charge in [-0.3, -0.25) is 10.3 Å². The fourth-order valence-corrected chi connectivity index (χ4v) is 3.56. The summed E-state index contributed by atoms with van der Waals surface area (Å²) >= 11 is 0. The molecule has 2 heterocycles. The van der Waals surface area contributed by atoms with E-state index in [1.807, 2.05) is 0 Å². The summed E-state index contributed by atoms with van der Waals surface area (Å²) in [6, 6.07) is 3.80. The van der Waals surface area contributed by atoms with Crippen molar-refractivity contribution in [2.24, 2.45) is 0 Å². The van der Waals surface area contributed by atoms with Crippen LogP contribution in [-0.4, -0.2) is 64.2 Å². The highest BCUT2D eigenvalue weighted by Crippen LogP contribution is 2.41. The van der Waals surface area contributed by atoms with Gasteiger partial charge in [0.1, 0.15) is 16.7 Å². The second-order valence-electron chi connectivity index (χ2n) is 8.18. The van der Waals surface area contributed by atoms with Gasteiger partial charge >= 0.3 is 6.09 Å². The molecule has 1 amide bonds. The van der Waals surface area contributed by atoms with Crippen molar-refractivity contribution in [2.45, 2.75) is 6.54 Å². The van der Waals surface area contributed by atoms with Gasteiger partial charge in [0.15, 0.2) is 35.4 Å². The molecule has 0 saturated carbocycles. The van der Waals surface area contributed by atoms with Gasteiger partial charge in [0.25, 0.3) is 0 Å². The number of H-pyrrole nitrogens is 1. The Morgan fingerprint density at radius 2 is 1.69 bits per heavy atom. The molecule has 0 unspecified atom stereocenters. The van der Waals surface area contributed by atoms with Crippen LogP contribution in [0.2, 0.25) is 0 Å². The summed E-state index contributed by atoms with van der Waals surface area (Å²) in [6.45, 7) is 0.205. The third-order valence-corrected chi connectivity index (χ3v) is 5.03. The monoisotopic (exact) mass is 501 g/mol. The first-order chi connectivity index (χ1) is 17.1. The first-order valence-corrected chi connectivity index (χ1v) is 10.5. The minimum Gasteiger partial charge on any atom is -0.494 e. The van der Waals surface area contributed by atoms with Crippen molar-refractivity contribution >= 4 is 23.1 Å². The van der Waals surface area contributed by atoms with Crippen LogP contribution in [0.5, 0.6) is 17.2 Å². The summed E-state index contributed by atoms with van der Waals surface area (Å²) in [6.07, 6.45) is 3.33. The standard InChI is InChI=1S/C23H22F2N6O5/c1-31(2,33)11-12-10-28-22(29-12)30-23(32)36-14-6-5-13(20-21(14)27-8-7-26-20)17-18(24)15(34-3)9-16(35-4)19(17)25/h5-10,33H,11H2,1-4H3,(H-,26,27,28,29,30,32)/p+1. The molecule has 0 aliphatic carbocycles. The van der Waals surface area contributed by atoms with E-state index >= 15 is 8.78 Å². The summed E-state index contributed by atoms with van der Waals surface area (Å²) in [7, 11) is 5.65. The molecule has 0 radical (unpaired) electrons. The number of carbonyl (C=O) groups is 1. The number of aromatic nitrogens is 4. The van der Waals surface area contributed by atoms with Crippen LogP contribution in [0, 0.1) is 11.6 Å². The zero-order chi connectivity index (χ0) is 26.0. The number of rotatable bonds is 7. The van der Waals surface area contributed by atoms with Gasteiger partial charge in [-0.25, -0.2) is 28.8 Å². The smallest absolute Gasteiger partial charge is 0.419 e. The summed E-state index contributed by atoms with van der Waals surface area (Å²) in [5.74, 6) is -2.25. The van der Waals surface area contributed by atoms with E-state index in [0.717, 1.165) is 6.07 Å². The Morgan fingerprint density at radius 3 is 2.31 bits per heavy atom. The molecule has 188 valence electrons. The summed E-state index contributed by atoms with van der Waals surface area (Å²) in [4.78, 5) is 27.8. The quantitative estimate of drug-likeness (QED) is 0.257. The Bertz CT molecular complexity index is 1410. The molecule has 0 aliphatic heterocycles. The van der Waals surface area contributed by atoms with Crippen molar-refractivity contribution in [1.82, 2.24) is 19.9 Å². The molecule has 2 aromatic heterocycles. The van der Waals surface area contributed by atoms with Gasteiger partial charge in [0, 0.05) is 30.2 Å². The van der Waals surface area contributed by atoms with Gasteiger partial charge in [0.05, 0.1) is 33.9 Å². The molecule has 0 aliphatic rings. The van der Waals surface area contributed by atoms with E-state index in [4.69, 9.17) is 14.2 Å². The lowest BCUT2D eigenvalue weighted by atomic mass is 10.0. The first kappa shape index (κ1) is 24.8. The van der Waals surface area contributed by atoms with Gasteiger partial charge in [-0.1, -0.05) is 0 Å². The first-order valence-electron chi connectivity index (χ1n) is 10.5. The minimum absolute atomic E-state index is 0.00466. The Labute approximate surface area is 203 Å². The molecule has 0 fully saturated rings. The van der Waals surface area contributed by atoms with Gasteiger partial charge < -0.3 is 19.2 Å². The topological polar surface area (TPSA) is 131 Å². The maximum atomic E-state index is 15.1. The number of quaternary nitrogens is 1. The number of imidazole rings is 1. The number of aromatic amines is 1. The van der Waals surface area contributed by atoms with Gasteiger partial charge in [-0.2, -0.15) is 4.65 Å². The number of amides is 1. The SMILES string of the molecule is COc1cc(OC)c(F)c(-c2ccc(OC(=O)Nc3nc(C[N+](C)(C)O)c[nH]3)c3nccnc23)c1F. The van der Waals surface area contributed by atoms with E-state index < -0.39 is 23.3 Å². The average Bonchev–Trinajstić information content (AvgIpc) is 3.25. The molecule has 3 N–H and O–H groups in total. The molecule has 0 bridgehead atoms. The molecule has 0 saturated heterocycles. The number of fused-ring (bicyclic) bond motifs is 1. The molecule has 13 heteroatoms. The predicted octanol–water partition coefficient (Wildman–Crippen LogP) is 3.89. The highest BCUT2D eigenvalue weighted by atomic mass is 19.1. The van der Waals surface area contributed by atoms with Crippen LogP contribution in [0.3, 0.4) is 0 Å². The van der Waals surface area contributed by atoms with Gasteiger partial charge in [0.2, 0.25) is 5.95 Å². The van der Waals surface area contributed by atoms with Crippen molar-refractivity contribution in [2.75, 3.05) is 33.6 Å². The third kappa shape index (κ3) is 5.01. The van der Waals surface area contributed by atoms with Gasteiger partial charge in [-0.05, 0) is 12.1 Å². The highest BCUT2D eigenvalue weighted by Gasteiger charge is 2.25. The molecule has 36 heavy (non-hydrogen) atoms. The number of carbonyl (C=O) groups excluding carboxylic acids is 1. The van der Waals surface area contributed by atoms with Crippen molar-refractivity contribution < 1.29 is 37.6 Å². The van der Waals surface area contributed by atoms with Crippen LogP contribution in [0.4, 0.5) is 19.5 Å². The van der Waals surface area contributed by atoms with Crippen molar-refractivity contribution in [3.8, 4) is 28.4 Å². The molecule has 4 aromatic rings. The second kappa shape index (κ2) is 9.71. The number of methoxy groups -OCH3 is 2. The molecule has 0 spiro atoms. The van der Waals surface area contributed by atoms with Crippen LogP contribution in [0.25, 0.3) is 22.2 Å². The number of hydroxylamine groups is 3. The van der Waals surface area contributed by atoms with Gasteiger partial charge in [-0.15, -0.1) is 0 Å². The van der Waals surface area contributed by atoms with E-state index in [1.54, 1.807) is 14.1 Å². The third-order valence-electron chi connectivity index (χ3n) is 5.03. The molecular formula is C23H23F2N6O5+. The molecule has 2 aromatic carbocycles. The van der Waals surface area contributed by atoms with E-state index in [9.17, 15) is 10.0 Å². The average molecular weight is 501 g/mol. The number of nitrogens with zero attached hydrogens (tertiary/aromatic N) is 4. The molecule has 0 atom stereocenters. The zero-order valence-corrected chi connectivity index (χ0v) is 19.8. The Hall–Kier alpha value is -4.36. The fraction of sp³-hybridized carbons (Fsp3) is 0.217. The number of nitrogens with one attached hydrogen (secondary N) is 2. The fourth-order valence-electron chi connectivity index (χ4n) is 3.56. The van der Waals surface area contributed by atoms with Crippen molar-refractivity contribution in [1.29, 1.82) is 0 Å². The van der Waals surface area contributed by atoms with E-state index in [1.165, 1.54) is 44.9 Å². The minimum atomic E-state index is -0.951. The number of hydrogen-bond acceptors (Lipinski definition) is 8. The number of ether oxygens (including phenoxy) is 3. The van der Waals surface area contributed by atoms with Crippen LogP contribution in [0.1, 0.15) is 5.69 Å². The van der Waals surface area contributed by atoms with E-state index in [-0.39, 0.29) is 51.0 Å².